The Hall–Kier alpha value is -13.0. The van der Waals surface area contributed by atoms with Gasteiger partial charge in [-0.1, -0.05) is 71.3 Å². The lowest BCUT2D eigenvalue weighted by Gasteiger charge is -2.32. The largest absolute Gasteiger partial charge is 0.493 e. The minimum atomic E-state index is -1.01. The first-order valence-corrected chi connectivity index (χ1v) is 46.8. The number of benzene rings is 4. The Morgan fingerprint density at radius 1 is 0.361 bits per heavy atom. The summed E-state index contributed by atoms with van der Waals surface area (Å²) in [6.07, 6.45) is 9.37. The van der Waals surface area contributed by atoms with Crippen molar-refractivity contribution in [3.8, 4) is 17.2 Å². The molecule has 10 aliphatic rings. The lowest BCUT2D eigenvalue weighted by molar-refractivity contribution is -0.139. The molecule has 4 aromatic carbocycles. The molecule has 4 unspecified atom stereocenters. The maximum Gasteiger partial charge on any atom is 0.305 e. The molecular formula is C94H132N20O19. The molecule has 14 rings (SSSR count). The number of piperidine rings is 4. The molecule has 39 nitrogen and oxygen atoms in total. The zero-order valence-corrected chi connectivity index (χ0v) is 76.5. The molecule has 4 saturated heterocycles. The van der Waals surface area contributed by atoms with Crippen LogP contribution in [0.25, 0.3) is 0 Å². The number of carbonyl (C=O) groups excluding carboxylic acids is 8. The quantitative estimate of drug-likeness (QED) is 0.0285. The number of hydrogen-bond donors (Lipinski definition) is 16. The first-order chi connectivity index (χ1) is 64.2. The maximum absolute atomic E-state index is 13.0. The molecule has 0 radical (unpaired) electrons. The number of nitrogens with one attached hydrogen (secondary N) is 12. The second kappa shape index (κ2) is 51.7. The number of nitrogens with zero attached hydrogens (tertiary/aromatic N) is 8. The summed E-state index contributed by atoms with van der Waals surface area (Å²) in [7, 11) is 0. The monoisotopic (exact) mass is 1840 g/mol. The minimum absolute atomic E-state index is 0.0890. The number of likely N-dealkylation sites (tertiary alicyclic amines) is 4. The van der Waals surface area contributed by atoms with Crippen molar-refractivity contribution in [2.24, 2.45) is 43.6 Å². The summed E-state index contributed by atoms with van der Waals surface area (Å²) in [5.41, 5.74) is 7.15. The molecule has 0 aliphatic carbocycles. The summed E-state index contributed by atoms with van der Waals surface area (Å²) in [5.74, 6) is 0.138. The van der Waals surface area contributed by atoms with Crippen LogP contribution in [0.3, 0.4) is 0 Å². The second-order valence-corrected chi connectivity index (χ2v) is 34.9. The predicted octanol–water partition coefficient (Wildman–Crippen LogP) is 4.13. The van der Waals surface area contributed by atoms with Crippen molar-refractivity contribution in [1.82, 2.24) is 83.4 Å². The number of aliphatic carboxylic acids is 4. The van der Waals surface area contributed by atoms with Gasteiger partial charge >= 0.3 is 23.9 Å². The number of fused-ring (bicyclic) bond motifs is 2. The lowest BCUT2D eigenvalue weighted by Crippen LogP contribution is -2.44. The Balaban J connectivity index is 0.000000171. The van der Waals surface area contributed by atoms with E-state index in [1.807, 2.05) is 101 Å². The zero-order valence-electron chi connectivity index (χ0n) is 76.5. The zero-order chi connectivity index (χ0) is 94.5. The number of aryl methyl sites for hydroxylation is 3. The van der Waals surface area contributed by atoms with Crippen molar-refractivity contribution in [2.75, 3.05) is 144 Å². The average Bonchev–Trinajstić information content (AvgIpc) is 1.71. The van der Waals surface area contributed by atoms with Crippen molar-refractivity contribution in [3.63, 3.8) is 0 Å². The summed E-state index contributed by atoms with van der Waals surface area (Å²) in [6.45, 7) is 20.2. The molecule has 4 atom stereocenters. The minimum Gasteiger partial charge on any atom is -0.493 e. The van der Waals surface area contributed by atoms with Gasteiger partial charge in [0.25, 0.3) is 0 Å². The molecule has 8 amide bonds. The lowest BCUT2D eigenvalue weighted by atomic mass is 9.93. The smallest absolute Gasteiger partial charge is 0.305 e. The summed E-state index contributed by atoms with van der Waals surface area (Å²) < 4.78 is 16.2. The predicted molar refractivity (Wildman–Crippen MR) is 495 cm³/mol. The summed E-state index contributed by atoms with van der Waals surface area (Å²) in [5, 5.41) is 74.3. The Morgan fingerprint density at radius 3 is 0.992 bits per heavy atom. The van der Waals surface area contributed by atoms with Crippen LogP contribution in [0, 0.1) is 44.4 Å². The van der Waals surface area contributed by atoms with Crippen LogP contribution in [-0.2, 0) is 64.0 Å². The van der Waals surface area contributed by atoms with Gasteiger partial charge in [0, 0.05) is 160 Å². The number of ether oxygens (including phenoxy) is 3. The molecule has 10 aliphatic heterocycles. The third kappa shape index (κ3) is 32.8. The standard InChI is InChI=1S/C24H33N5O5.C24H35N5O4.C23H31N5O6.C23H33N5O4/c30-21(2-1-8-25-24-26-9-10-27-24)29-11-5-16(6-12-29)23(33)28-19(15-22(31)32)17-3-4-20-18(14-17)7-13-34-20;1-16-12-17(2)14-19(13-16)20(15-22(31)32)28-23(33)18-5-10-29(11-6-18)21(30)4-3-7-25-24-26-8-9-27-24;29-20(2-1-7-24-23-25-8-9-26-23)28-10-5-15(6-11-28)22(32)27-17(13-21(30)31)16-3-4-18-19(12-16)34-14-33-18;1-16-4-2-5-18(14-16)19(15-21(30)31)27-22(32)17-7-12-28(13-8-17)20(29)6-3-9-24-23-25-10-11-26-23/h3-4,14,16,19H,1-2,5-13,15H2,(H,28,33)(H,31,32)(H2,25,26,27);12-14,18,20H,3-11,15H2,1-2H3,(H,28,33)(H,31,32)(H2,25,26,27);3-4,12,15,17H,1-2,5-11,13-14H2,(H,27,32)(H,30,31)(H2,24,25,26);2,4-5,14,17,19H,3,6-13,15H2,1H3,(H,27,32)(H,30,31)(H2,24,25,26). The van der Waals surface area contributed by atoms with Gasteiger partial charge in [-0.25, -0.2) is 0 Å². The number of guanidine groups is 4. The average molecular weight is 1850 g/mol. The van der Waals surface area contributed by atoms with Crippen molar-refractivity contribution in [2.45, 2.75) is 180 Å². The Bertz CT molecular complexity index is 4630. The maximum atomic E-state index is 13.0. The molecule has 133 heavy (non-hydrogen) atoms. The molecular weight excluding hydrogens is 1710 g/mol. The van der Waals surface area contributed by atoms with Crippen molar-refractivity contribution in [1.29, 1.82) is 0 Å². The fourth-order valence-electron chi connectivity index (χ4n) is 17.6. The normalized spacial score (nSPS) is 17.7. The van der Waals surface area contributed by atoms with Crippen LogP contribution in [0.2, 0.25) is 0 Å². The van der Waals surface area contributed by atoms with Crippen LogP contribution in [0.5, 0.6) is 17.2 Å². The molecule has 39 heteroatoms. The van der Waals surface area contributed by atoms with E-state index in [1.165, 1.54) is 0 Å². The number of amides is 8. The first kappa shape index (κ1) is 101. The van der Waals surface area contributed by atoms with Crippen LogP contribution in [0.4, 0.5) is 0 Å². The molecule has 722 valence electrons. The van der Waals surface area contributed by atoms with E-state index in [2.05, 4.69) is 83.8 Å². The third-order valence-corrected chi connectivity index (χ3v) is 24.8. The highest BCUT2D eigenvalue weighted by Gasteiger charge is 2.36. The molecule has 0 spiro atoms. The highest BCUT2D eigenvalue weighted by atomic mass is 16.7. The fourth-order valence-corrected chi connectivity index (χ4v) is 17.6. The SMILES string of the molecule is Cc1cc(C)cc(C(CC(=O)O)NC(=O)C2CCN(C(=O)CCCNC3=NCCN3)CC2)c1.Cc1cccc(C(CC(=O)O)NC(=O)C2CCN(C(=O)CCCNC3=NCCN3)CC2)c1.O=C(O)CC(NC(=O)C1CCN(C(=O)CCCNC2=NCCN2)CC1)c1ccc2c(c1)CCO2.O=C(O)CC(NC(=O)C1CCN(C(=O)CCCNC2=NCCN2)CC1)c1ccc2c(c1)OCO2. The van der Waals surface area contributed by atoms with Gasteiger partial charge in [-0.15, -0.1) is 0 Å². The van der Waals surface area contributed by atoms with Crippen LogP contribution >= 0.6 is 0 Å². The van der Waals surface area contributed by atoms with Gasteiger partial charge in [0.05, 0.1) is 82.6 Å². The van der Waals surface area contributed by atoms with E-state index in [-0.39, 0.29) is 103 Å². The Labute approximate surface area is 775 Å². The van der Waals surface area contributed by atoms with Crippen molar-refractivity contribution >= 4 is 95.0 Å². The number of carboxylic acids is 4. The van der Waals surface area contributed by atoms with Crippen LogP contribution in [0.15, 0.2) is 98.8 Å². The van der Waals surface area contributed by atoms with Crippen molar-refractivity contribution < 1.29 is 92.2 Å². The van der Waals surface area contributed by atoms with Gasteiger partial charge in [0.1, 0.15) is 5.75 Å². The van der Waals surface area contributed by atoms with Gasteiger partial charge in [-0.05, 0) is 150 Å². The number of hydrogen-bond acceptors (Lipinski definition) is 27. The van der Waals surface area contributed by atoms with E-state index in [1.54, 1.807) is 18.2 Å². The van der Waals surface area contributed by atoms with Crippen LogP contribution < -0.4 is 78.0 Å². The van der Waals surface area contributed by atoms with E-state index >= 15 is 0 Å². The van der Waals surface area contributed by atoms with E-state index < -0.39 is 48.0 Å². The van der Waals surface area contributed by atoms with Gasteiger partial charge in [0.2, 0.25) is 54.1 Å². The molecule has 0 aromatic heterocycles. The van der Waals surface area contributed by atoms with Crippen LogP contribution in [0.1, 0.15) is 197 Å². The van der Waals surface area contributed by atoms with Gasteiger partial charge in [0.15, 0.2) is 35.3 Å². The fraction of sp³-hybridized carbons (Fsp3) is 0.574. The third-order valence-electron chi connectivity index (χ3n) is 24.8. The van der Waals surface area contributed by atoms with Gasteiger partial charge in [-0.3, -0.25) is 77.5 Å². The van der Waals surface area contributed by atoms with E-state index in [4.69, 9.17) is 14.2 Å². The molecule has 16 N–H and O–H groups in total. The summed E-state index contributed by atoms with van der Waals surface area (Å²) in [6, 6.07) is 21.8. The number of carbonyl (C=O) groups is 12. The highest BCUT2D eigenvalue weighted by molar-refractivity contribution is 5.87. The van der Waals surface area contributed by atoms with Crippen LogP contribution in [-0.4, -0.2) is 279 Å². The molecule has 0 bridgehead atoms. The van der Waals surface area contributed by atoms with E-state index in [0.717, 1.165) is 147 Å². The first-order valence-electron chi connectivity index (χ1n) is 46.8. The van der Waals surface area contributed by atoms with Gasteiger partial charge < -0.3 is 118 Å². The number of aliphatic imine (C=N–C) groups is 4. The van der Waals surface area contributed by atoms with Gasteiger partial charge in [-0.2, -0.15) is 0 Å². The van der Waals surface area contributed by atoms with E-state index in [0.29, 0.717) is 186 Å². The second-order valence-electron chi connectivity index (χ2n) is 34.9. The number of carboxylic acid groups (broad SMARTS) is 4. The Morgan fingerprint density at radius 2 is 0.669 bits per heavy atom. The van der Waals surface area contributed by atoms with Crippen molar-refractivity contribution in [3.05, 3.63) is 123 Å². The Kier molecular flexibility index (Phi) is 39.1. The number of rotatable bonds is 36. The molecule has 4 aromatic rings. The highest BCUT2D eigenvalue weighted by Crippen LogP contribution is 2.37. The topological polar surface area (TPSA) is 520 Å². The molecule has 4 fully saturated rings. The molecule has 10 heterocycles. The molecule has 0 saturated carbocycles. The van der Waals surface area contributed by atoms with E-state index in [9.17, 15) is 78.0 Å². The summed E-state index contributed by atoms with van der Waals surface area (Å²) >= 11 is 0. The summed E-state index contributed by atoms with van der Waals surface area (Å²) in [4.78, 5) is 172.